The molecule has 0 radical (unpaired) electrons. The van der Waals surface area contributed by atoms with Gasteiger partial charge < -0.3 is 5.32 Å². The largest absolute Gasteiger partial charge is 0.316 e. The minimum absolute atomic E-state index is 0.206. The Balaban J connectivity index is 1.53. The number of amides is 1. The third-order valence-electron chi connectivity index (χ3n) is 5.95. The first kappa shape index (κ1) is 21.6. The second-order valence-corrected chi connectivity index (χ2v) is 8.96. The lowest BCUT2D eigenvalue weighted by molar-refractivity contribution is 0.102. The highest BCUT2D eigenvalue weighted by Crippen LogP contribution is 2.43. The van der Waals surface area contributed by atoms with Gasteiger partial charge in [0.25, 0.3) is 11.5 Å². The number of nitrogens with zero attached hydrogens (tertiary/aromatic N) is 4. The van der Waals surface area contributed by atoms with E-state index in [1.165, 1.54) is 10.9 Å². The van der Waals surface area contributed by atoms with E-state index >= 15 is 0 Å². The molecule has 33 heavy (non-hydrogen) atoms. The molecule has 9 heteroatoms. The average Bonchev–Trinajstić information content (AvgIpc) is 3.51. The van der Waals surface area contributed by atoms with Crippen molar-refractivity contribution in [3.05, 3.63) is 92.1 Å². The van der Waals surface area contributed by atoms with Gasteiger partial charge in [-0.1, -0.05) is 41.4 Å². The van der Waals surface area contributed by atoms with Crippen LogP contribution in [0.15, 0.2) is 59.5 Å². The quantitative estimate of drug-likeness (QED) is 0.430. The summed E-state index contributed by atoms with van der Waals surface area (Å²) in [5.41, 5.74) is 3.19. The Morgan fingerprint density at radius 2 is 1.85 bits per heavy atom. The van der Waals surface area contributed by atoms with E-state index in [0.717, 1.165) is 24.2 Å². The molecule has 0 bridgehead atoms. The Bertz CT molecular complexity index is 1430. The van der Waals surface area contributed by atoms with Gasteiger partial charge in [-0.2, -0.15) is 5.10 Å². The zero-order valence-corrected chi connectivity index (χ0v) is 19.6. The molecule has 1 aliphatic rings. The molecule has 7 nitrogen and oxygen atoms in total. The van der Waals surface area contributed by atoms with Crippen LogP contribution in [0.3, 0.4) is 0 Å². The number of carbonyl (C=O) groups excluding carboxylic acids is 1. The summed E-state index contributed by atoms with van der Waals surface area (Å²) >= 11 is 12.4. The number of aromatic nitrogens is 4. The Labute approximate surface area is 200 Å². The van der Waals surface area contributed by atoms with E-state index in [1.54, 1.807) is 41.5 Å². The van der Waals surface area contributed by atoms with Gasteiger partial charge in [0.05, 0.1) is 39.5 Å². The zero-order valence-electron chi connectivity index (χ0n) is 18.0. The molecule has 1 fully saturated rings. The first-order valence-electron chi connectivity index (χ1n) is 10.6. The van der Waals surface area contributed by atoms with Gasteiger partial charge in [-0.15, -0.1) is 0 Å². The van der Waals surface area contributed by atoms with Crippen molar-refractivity contribution < 1.29 is 4.79 Å². The molecular formula is C24H21Cl2N5O2. The fraction of sp³-hybridized carbons (Fsp3) is 0.208. The summed E-state index contributed by atoms with van der Waals surface area (Å²) in [5, 5.41) is 8.27. The second kappa shape index (κ2) is 8.24. The highest BCUT2D eigenvalue weighted by Gasteiger charge is 2.34. The van der Waals surface area contributed by atoms with Gasteiger partial charge in [-0.05, 0) is 50.1 Å². The van der Waals surface area contributed by atoms with Crippen LogP contribution in [0, 0.1) is 6.92 Å². The normalized spacial score (nSPS) is 13.3. The molecule has 2 heterocycles. The predicted octanol–water partition coefficient (Wildman–Crippen LogP) is 5.11. The Kier molecular flexibility index (Phi) is 5.38. The molecule has 0 unspecified atom stereocenters. The lowest BCUT2D eigenvalue weighted by Crippen LogP contribution is -2.23. The van der Waals surface area contributed by atoms with E-state index in [1.807, 2.05) is 30.3 Å². The van der Waals surface area contributed by atoms with Crippen LogP contribution in [-0.2, 0) is 7.05 Å². The Morgan fingerprint density at radius 1 is 1.12 bits per heavy atom. The Morgan fingerprint density at radius 3 is 2.52 bits per heavy atom. The fourth-order valence-corrected chi connectivity index (χ4v) is 4.51. The topological polar surface area (TPSA) is 73.8 Å². The summed E-state index contributed by atoms with van der Waals surface area (Å²) < 4.78 is 4.96. The van der Waals surface area contributed by atoms with Crippen molar-refractivity contribution >= 4 is 34.8 Å². The highest BCUT2D eigenvalue weighted by molar-refractivity contribution is 6.35. The van der Waals surface area contributed by atoms with E-state index < -0.39 is 0 Å². The summed E-state index contributed by atoms with van der Waals surface area (Å²) in [6, 6.07) is 14.5. The summed E-state index contributed by atoms with van der Waals surface area (Å²) in [6.45, 7) is 1.80. The van der Waals surface area contributed by atoms with Crippen LogP contribution in [0.2, 0.25) is 10.0 Å². The molecule has 2 aromatic carbocycles. The van der Waals surface area contributed by atoms with Crippen molar-refractivity contribution in [2.24, 2.45) is 7.05 Å². The van der Waals surface area contributed by atoms with Crippen molar-refractivity contribution in [1.82, 2.24) is 19.1 Å². The predicted molar refractivity (Wildman–Crippen MR) is 129 cm³/mol. The number of carbonyl (C=O) groups is 1. The molecule has 1 N–H and O–H groups in total. The number of hydrogen-bond donors (Lipinski definition) is 1. The maximum Gasteiger partial charge on any atom is 0.295 e. The Hall–Kier alpha value is -3.29. The van der Waals surface area contributed by atoms with Crippen LogP contribution in [0.25, 0.3) is 11.4 Å². The van der Waals surface area contributed by atoms with Crippen molar-refractivity contribution in [3.8, 4) is 11.4 Å². The monoisotopic (exact) mass is 481 g/mol. The first-order chi connectivity index (χ1) is 15.9. The number of para-hydroxylation sites is 1. The van der Waals surface area contributed by atoms with Crippen molar-refractivity contribution in [2.75, 3.05) is 5.32 Å². The molecule has 5 rings (SSSR count). The number of rotatable bonds is 5. The number of anilines is 1. The van der Waals surface area contributed by atoms with Gasteiger partial charge in [-0.3, -0.25) is 14.3 Å². The molecule has 4 aromatic rings. The molecule has 2 aromatic heterocycles. The standard InChI is InChI=1S/C24H21Cl2N5O2/c1-14-21(24(33)31(29(14)2)17-6-4-3-5-7-17)28-23(32)18-13-27-30(22(18)15-8-9-15)20-11-10-16(25)12-19(20)26/h3-7,10-13,15H,8-9H2,1-2H3,(H,28,32). The van der Waals surface area contributed by atoms with E-state index in [2.05, 4.69) is 10.4 Å². The molecule has 1 aliphatic carbocycles. The van der Waals surface area contributed by atoms with Crippen molar-refractivity contribution in [3.63, 3.8) is 0 Å². The molecular weight excluding hydrogens is 461 g/mol. The summed E-state index contributed by atoms with van der Waals surface area (Å²) in [5.74, 6) is -0.169. The van der Waals surface area contributed by atoms with Crippen molar-refractivity contribution in [1.29, 1.82) is 0 Å². The van der Waals surface area contributed by atoms with Crippen LogP contribution < -0.4 is 10.9 Å². The van der Waals surface area contributed by atoms with E-state index in [4.69, 9.17) is 23.2 Å². The molecule has 1 amide bonds. The molecule has 168 valence electrons. The molecule has 1 saturated carbocycles. The number of benzene rings is 2. The van der Waals surface area contributed by atoms with Crippen LogP contribution in [0.5, 0.6) is 0 Å². The summed E-state index contributed by atoms with van der Waals surface area (Å²) in [7, 11) is 1.79. The minimum atomic E-state index is -0.376. The number of halogens is 2. The third kappa shape index (κ3) is 3.77. The highest BCUT2D eigenvalue weighted by atomic mass is 35.5. The maximum absolute atomic E-state index is 13.3. The fourth-order valence-electron chi connectivity index (χ4n) is 4.02. The van der Waals surface area contributed by atoms with Gasteiger partial charge in [-0.25, -0.2) is 9.36 Å². The van der Waals surface area contributed by atoms with Crippen LogP contribution >= 0.6 is 23.2 Å². The zero-order chi connectivity index (χ0) is 23.3. The van der Waals surface area contributed by atoms with Crippen LogP contribution in [0.4, 0.5) is 5.69 Å². The van der Waals surface area contributed by atoms with Gasteiger partial charge >= 0.3 is 0 Å². The minimum Gasteiger partial charge on any atom is -0.316 e. The third-order valence-corrected chi connectivity index (χ3v) is 6.48. The van der Waals surface area contributed by atoms with E-state index in [-0.39, 0.29) is 23.1 Å². The molecule has 0 atom stereocenters. The molecule has 0 spiro atoms. The van der Waals surface area contributed by atoms with Crippen LogP contribution in [-0.4, -0.2) is 25.1 Å². The molecule has 0 aliphatic heterocycles. The van der Waals surface area contributed by atoms with Gasteiger partial charge in [0.2, 0.25) is 0 Å². The average molecular weight is 482 g/mol. The number of nitrogens with one attached hydrogen (secondary N) is 1. The SMILES string of the molecule is Cc1c(NC(=O)c2cnn(-c3ccc(Cl)cc3Cl)c2C2CC2)c(=O)n(-c2ccccc2)n1C. The van der Waals surface area contributed by atoms with E-state index in [9.17, 15) is 9.59 Å². The van der Waals surface area contributed by atoms with Gasteiger partial charge in [0.15, 0.2) is 0 Å². The second-order valence-electron chi connectivity index (χ2n) is 8.12. The van der Waals surface area contributed by atoms with E-state index in [0.29, 0.717) is 27.0 Å². The summed E-state index contributed by atoms with van der Waals surface area (Å²) in [6.07, 6.45) is 3.45. The first-order valence-corrected chi connectivity index (χ1v) is 11.3. The van der Waals surface area contributed by atoms with Crippen molar-refractivity contribution in [2.45, 2.75) is 25.7 Å². The number of hydrogen-bond acceptors (Lipinski definition) is 3. The van der Waals surface area contributed by atoms with Crippen LogP contribution in [0.1, 0.15) is 40.5 Å². The van der Waals surface area contributed by atoms with Gasteiger partial charge in [0.1, 0.15) is 5.69 Å². The molecule has 0 saturated heterocycles. The lowest BCUT2D eigenvalue weighted by atomic mass is 10.1. The maximum atomic E-state index is 13.3. The summed E-state index contributed by atoms with van der Waals surface area (Å²) in [4.78, 5) is 26.5. The van der Waals surface area contributed by atoms with Gasteiger partial charge in [0, 0.05) is 18.0 Å². The lowest BCUT2D eigenvalue weighted by Gasteiger charge is -2.11. The smallest absolute Gasteiger partial charge is 0.295 e.